The topological polar surface area (TPSA) is 276 Å². The third-order valence-corrected chi connectivity index (χ3v) is 11.3. The highest BCUT2D eigenvalue weighted by Crippen LogP contribution is 2.38. The summed E-state index contributed by atoms with van der Waals surface area (Å²) < 4.78 is 70.0. The van der Waals surface area contributed by atoms with Crippen molar-refractivity contribution in [1.29, 1.82) is 0 Å². The molecule has 0 aromatic heterocycles. The molecule has 0 aliphatic heterocycles. The van der Waals surface area contributed by atoms with Crippen LogP contribution in [0, 0.1) is 5.41 Å². The lowest BCUT2D eigenvalue weighted by Crippen LogP contribution is -2.47. The zero-order valence-corrected chi connectivity index (χ0v) is 38.9. The third-order valence-electron chi connectivity index (χ3n) is 9.52. The fourth-order valence-corrected chi connectivity index (χ4v) is 6.85. The van der Waals surface area contributed by atoms with Crippen LogP contribution in [0.25, 0.3) is 0 Å². The van der Waals surface area contributed by atoms with Gasteiger partial charge < -0.3 is 62.1 Å². The van der Waals surface area contributed by atoms with Crippen LogP contribution in [0.4, 0.5) is 0 Å². The molecule has 0 heterocycles. The molecule has 0 radical (unpaired) electrons. The number of ether oxygens (including phenoxy) is 3. The summed E-state index contributed by atoms with van der Waals surface area (Å²) in [6, 6.07) is 0. The van der Waals surface area contributed by atoms with Gasteiger partial charge in [0.2, 0.25) is 0 Å². The van der Waals surface area contributed by atoms with Gasteiger partial charge in [0.1, 0.15) is 25.8 Å². The number of hydrogen-bond donors (Lipinski definition) is 4. The monoisotopic (exact) mass is 910 g/mol. The summed E-state index contributed by atoms with van der Waals surface area (Å²) in [5.41, 5.74) is -0.546. The van der Waals surface area contributed by atoms with Crippen molar-refractivity contribution in [2.24, 2.45) is 5.41 Å². The maximum Gasteiger partial charge on any atom is 0.305 e. The largest absolute Gasteiger partial charge is 0.756 e. The average molecular weight is 911 g/mol. The molecule has 0 aromatic rings. The van der Waals surface area contributed by atoms with E-state index in [2.05, 4.69) is 0 Å². The van der Waals surface area contributed by atoms with Crippen LogP contribution < -0.4 is 4.89 Å². The molecule has 3 unspecified atom stereocenters. The van der Waals surface area contributed by atoms with E-state index in [1.54, 1.807) is 14.1 Å². The minimum Gasteiger partial charge on any atom is -0.756 e. The van der Waals surface area contributed by atoms with E-state index in [9.17, 15) is 41.9 Å². The molecule has 0 bridgehead atoms. The first-order valence-corrected chi connectivity index (χ1v) is 24.1. The lowest BCUT2D eigenvalue weighted by atomic mass is 9.80. The molecule has 0 aliphatic rings. The Bertz CT molecular complexity index is 1300. The molecule has 0 aliphatic carbocycles. The second-order valence-electron chi connectivity index (χ2n) is 16.8. The zero-order valence-electron chi connectivity index (χ0n) is 37.2. The van der Waals surface area contributed by atoms with E-state index in [1.807, 2.05) is 28.1 Å². The fraction of sp³-hybridized carbons (Fsp3) is 0.923. The maximum absolute atomic E-state index is 12.3. The van der Waals surface area contributed by atoms with Crippen molar-refractivity contribution in [3.8, 4) is 0 Å². The fourth-order valence-electron chi connectivity index (χ4n) is 5.63. The Kier molecular flexibility index (Phi) is 33.9. The van der Waals surface area contributed by atoms with Crippen molar-refractivity contribution < 1.29 is 89.5 Å². The predicted octanol–water partition coefficient (Wildman–Crippen LogP) is 2.02. The van der Waals surface area contributed by atoms with Gasteiger partial charge in [0.15, 0.2) is 0 Å². The van der Waals surface area contributed by atoms with E-state index >= 15 is 0 Å². The Balaban J connectivity index is 0. The van der Waals surface area contributed by atoms with E-state index in [0.29, 0.717) is 92.8 Å². The summed E-state index contributed by atoms with van der Waals surface area (Å²) in [5, 5.41) is 35.6. The van der Waals surface area contributed by atoms with Gasteiger partial charge in [-0.25, -0.2) is 8.42 Å². The molecule has 0 amide bonds. The molecule has 358 valence electrons. The van der Waals surface area contributed by atoms with Crippen molar-refractivity contribution >= 4 is 35.8 Å². The Hall–Kier alpha value is -1.81. The number of phosphoric ester groups is 1. The van der Waals surface area contributed by atoms with Crippen LogP contribution in [0.3, 0.4) is 0 Å². The molecular formula is C39H79N2O17PS. The zero-order chi connectivity index (χ0) is 46.1. The minimum atomic E-state index is -4.35. The van der Waals surface area contributed by atoms with Crippen LogP contribution in [0.15, 0.2) is 0 Å². The second kappa shape index (κ2) is 33.7. The number of aliphatic hydroxyl groups is 4. The molecular weight excluding hydrogens is 831 g/mol. The number of nitrogens with zero attached hydrogens (tertiary/aromatic N) is 2. The molecule has 19 nitrogen and oxygen atoms in total. The standard InChI is InChI=1S/C31H60NO12P.C8H19NO5S/c1-5-31(27-42-30(37)17-10-7-13-22-34,18-24-40-28(35)15-9-6-12-21-33)19-25-41-29(36)16-11-8-14-23-43-45(38,39)44-26-20-32(2,3)4;1-9(2,6-8(11)7-10)4-3-5-15(12,13)14/h33-34H,5-27H2,1-4H3;8,10-11H,3-7H2,1-2H3. The number of carbonyl (C=O) groups is 3. The number of likely N-dealkylation sites (N-methyl/N-ethyl adjacent to an activating group) is 2. The number of esters is 3. The Morgan fingerprint density at radius 3 is 1.58 bits per heavy atom. The van der Waals surface area contributed by atoms with Crippen LogP contribution in [-0.2, 0) is 52.3 Å². The Morgan fingerprint density at radius 2 is 1.15 bits per heavy atom. The summed E-state index contributed by atoms with van der Waals surface area (Å²) in [5.74, 6) is -1.42. The molecule has 0 rings (SSSR count). The van der Waals surface area contributed by atoms with Gasteiger partial charge in [-0.15, -0.1) is 0 Å². The van der Waals surface area contributed by atoms with Gasteiger partial charge in [-0.2, -0.15) is 0 Å². The summed E-state index contributed by atoms with van der Waals surface area (Å²) >= 11 is 0. The number of quaternary nitrogens is 2. The van der Waals surface area contributed by atoms with Crippen LogP contribution in [0.2, 0.25) is 0 Å². The van der Waals surface area contributed by atoms with Crippen LogP contribution in [-0.4, -0.2) is 180 Å². The van der Waals surface area contributed by atoms with Crippen molar-refractivity contribution in [2.45, 2.75) is 116 Å². The molecule has 0 saturated carbocycles. The first kappa shape index (κ1) is 60.3. The highest BCUT2D eigenvalue weighted by atomic mass is 32.2. The van der Waals surface area contributed by atoms with E-state index in [-0.39, 0.29) is 102 Å². The third kappa shape index (κ3) is 39.1. The molecule has 4 N–H and O–H groups in total. The van der Waals surface area contributed by atoms with Crippen molar-refractivity contribution in [1.82, 2.24) is 0 Å². The van der Waals surface area contributed by atoms with E-state index < -0.39 is 29.5 Å². The number of rotatable bonds is 37. The van der Waals surface area contributed by atoms with Gasteiger partial charge in [0.25, 0.3) is 7.82 Å². The van der Waals surface area contributed by atoms with Gasteiger partial charge in [-0.05, 0) is 57.8 Å². The molecule has 60 heavy (non-hydrogen) atoms. The second-order valence-corrected chi connectivity index (χ2v) is 19.7. The predicted molar refractivity (Wildman–Crippen MR) is 221 cm³/mol. The Morgan fingerprint density at radius 1 is 0.683 bits per heavy atom. The minimum absolute atomic E-state index is 0.0212. The summed E-state index contributed by atoms with van der Waals surface area (Å²) in [4.78, 5) is 48.6. The maximum atomic E-state index is 12.3. The van der Waals surface area contributed by atoms with E-state index in [0.717, 1.165) is 12.8 Å². The molecule has 0 aromatic carbocycles. The van der Waals surface area contributed by atoms with Gasteiger partial charge in [0.05, 0.1) is 84.9 Å². The SMILES string of the molecule is CCC(CCOC(=O)CCCCCO)(CCOC(=O)CCCCCOP(=O)([O-])OCC[N+](C)(C)C)COC(=O)CCCCCO.C[N+](C)(CCCS(=O)(=O)[O-])CC(O)CO. The first-order valence-electron chi connectivity index (χ1n) is 21.1. The number of hydrogen-bond acceptors (Lipinski definition) is 17. The van der Waals surface area contributed by atoms with E-state index in [4.69, 9.17) is 38.6 Å². The molecule has 3 atom stereocenters. The molecule has 21 heteroatoms. The Labute approximate surface area is 359 Å². The number of carbonyl (C=O) groups excluding carboxylic acids is 3. The summed E-state index contributed by atoms with van der Waals surface area (Å²) in [6.07, 6.45) is 7.13. The summed E-state index contributed by atoms with van der Waals surface area (Å²) in [7, 11) is 0.885. The molecule has 0 saturated heterocycles. The highest BCUT2D eigenvalue weighted by Gasteiger charge is 2.31. The summed E-state index contributed by atoms with van der Waals surface area (Å²) in [6.45, 7) is 3.52. The number of aliphatic hydroxyl groups excluding tert-OH is 4. The van der Waals surface area contributed by atoms with Gasteiger partial charge in [-0.3, -0.25) is 18.9 Å². The number of phosphoric acid groups is 1. The van der Waals surface area contributed by atoms with Crippen LogP contribution in [0.5, 0.6) is 0 Å². The normalized spacial score (nSPS) is 14.6. The molecule has 0 fully saturated rings. The van der Waals surface area contributed by atoms with Gasteiger partial charge in [0, 0.05) is 50.1 Å². The molecule has 0 spiro atoms. The van der Waals surface area contributed by atoms with Crippen LogP contribution >= 0.6 is 7.82 Å². The van der Waals surface area contributed by atoms with Crippen LogP contribution in [0.1, 0.15) is 110 Å². The van der Waals surface area contributed by atoms with Gasteiger partial charge >= 0.3 is 17.9 Å². The van der Waals surface area contributed by atoms with Crippen molar-refractivity contribution in [3.63, 3.8) is 0 Å². The number of unbranched alkanes of at least 4 members (excludes halogenated alkanes) is 6. The highest BCUT2D eigenvalue weighted by molar-refractivity contribution is 7.85. The van der Waals surface area contributed by atoms with Gasteiger partial charge in [-0.1, -0.05) is 26.2 Å². The quantitative estimate of drug-likeness (QED) is 0.0173. The van der Waals surface area contributed by atoms with E-state index in [1.165, 1.54) is 0 Å². The smallest absolute Gasteiger partial charge is 0.305 e. The van der Waals surface area contributed by atoms with Crippen molar-refractivity contribution in [3.05, 3.63) is 0 Å². The van der Waals surface area contributed by atoms with Crippen molar-refractivity contribution in [2.75, 3.05) is 113 Å². The lowest BCUT2D eigenvalue weighted by molar-refractivity contribution is -0.893. The first-order chi connectivity index (χ1) is 27.9. The lowest BCUT2D eigenvalue weighted by Gasteiger charge is -2.32. The average Bonchev–Trinajstić information content (AvgIpc) is 3.14.